The molecule has 0 N–H and O–H groups in total. The van der Waals surface area contributed by atoms with E-state index in [-0.39, 0.29) is 17.9 Å². The third-order valence-electron chi connectivity index (χ3n) is 4.50. The van der Waals surface area contributed by atoms with Gasteiger partial charge >= 0.3 is 6.18 Å². The van der Waals surface area contributed by atoms with Crippen LogP contribution in [0, 0.1) is 5.92 Å². The summed E-state index contributed by atoms with van der Waals surface area (Å²) in [7, 11) is 0. The minimum atomic E-state index is -4.37. The molecule has 1 aromatic carbocycles. The first-order valence-electron chi connectivity index (χ1n) is 6.75. The Balaban J connectivity index is 1.63. The minimum Gasteiger partial charge on any atom is -0.361 e. The van der Waals surface area contributed by atoms with Gasteiger partial charge in [0.05, 0.1) is 24.1 Å². The fraction of sp³-hybridized carbons (Fsp3) is 0.400. The summed E-state index contributed by atoms with van der Waals surface area (Å²) >= 11 is 0. The first kappa shape index (κ1) is 12.9. The minimum absolute atomic E-state index is 0.00806. The fourth-order valence-electron chi connectivity index (χ4n) is 3.46. The Morgan fingerprint density at radius 2 is 1.95 bits per heavy atom. The summed E-state index contributed by atoms with van der Waals surface area (Å²) in [5, 5.41) is 0. The van der Waals surface area contributed by atoms with E-state index in [1.54, 1.807) is 0 Å². The third-order valence-corrected chi connectivity index (χ3v) is 4.50. The Hall–Kier alpha value is -1.82. The lowest BCUT2D eigenvalue weighted by Gasteiger charge is -2.21. The molecule has 1 amide bonds. The van der Waals surface area contributed by atoms with Gasteiger partial charge in [-0.15, -0.1) is 0 Å². The van der Waals surface area contributed by atoms with Crippen molar-refractivity contribution < 1.29 is 22.7 Å². The van der Waals surface area contributed by atoms with Gasteiger partial charge in [0.2, 0.25) is 5.91 Å². The Labute approximate surface area is 119 Å². The summed E-state index contributed by atoms with van der Waals surface area (Å²) in [6.45, 7) is 0.370. The molecule has 3 atom stereocenters. The molecule has 0 saturated carbocycles. The van der Waals surface area contributed by atoms with Crippen molar-refractivity contribution >= 4 is 11.6 Å². The van der Waals surface area contributed by atoms with E-state index in [1.165, 1.54) is 17.0 Å². The molecule has 21 heavy (non-hydrogen) atoms. The van der Waals surface area contributed by atoms with Crippen LogP contribution in [0.25, 0.3) is 0 Å². The average Bonchev–Trinajstić information content (AvgIpc) is 3.08. The molecule has 1 unspecified atom stereocenters. The molecule has 1 aromatic rings. The van der Waals surface area contributed by atoms with Crippen LogP contribution in [0.3, 0.4) is 0 Å². The summed E-state index contributed by atoms with van der Waals surface area (Å²) in [5.74, 6) is -0.281. The maximum Gasteiger partial charge on any atom is 0.416 e. The number of fused-ring (bicyclic) bond motifs is 1. The van der Waals surface area contributed by atoms with Gasteiger partial charge in [-0.05, 0) is 30.7 Å². The lowest BCUT2D eigenvalue weighted by molar-refractivity contribution is -0.137. The van der Waals surface area contributed by atoms with Gasteiger partial charge in [0.15, 0.2) is 0 Å². The molecule has 2 saturated heterocycles. The summed E-state index contributed by atoms with van der Waals surface area (Å²) in [5.41, 5.74) is -0.810. The molecule has 3 heterocycles. The number of hydrogen-bond acceptors (Lipinski definition) is 2. The molecule has 0 aliphatic carbocycles. The van der Waals surface area contributed by atoms with Crippen LogP contribution in [0.2, 0.25) is 0 Å². The summed E-state index contributed by atoms with van der Waals surface area (Å²) in [6.07, 6.45) is 0.182. The summed E-state index contributed by atoms with van der Waals surface area (Å²) < 4.78 is 43.5. The lowest BCUT2D eigenvalue weighted by Crippen LogP contribution is -2.33. The molecule has 0 radical (unpaired) electrons. The first-order chi connectivity index (χ1) is 9.89. The van der Waals surface area contributed by atoms with Crippen LogP contribution in [0.15, 0.2) is 36.4 Å². The topological polar surface area (TPSA) is 29.5 Å². The highest BCUT2D eigenvalue weighted by Gasteiger charge is 2.60. The molecule has 1 spiro atoms. The van der Waals surface area contributed by atoms with Crippen molar-refractivity contribution in [1.29, 1.82) is 0 Å². The van der Waals surface area contributed by atoms with Crippen molar-refractivity contribution in [2.24, 2.45) is 5.92 Å². The van der Waals surface area contributed by atoms with Crippen LogP contribution in [0.4, 0.5) is 18.9 Å². The van der Waals surface area contributed by atoms with E-state index in [1.807, 2.05) is 12.2 Å². The molecule has 6 heteroatoms. The van der Waals surface area contributed by atoms with Crippen LogP contribution in [-0.2, 0) is 15.7 Å². The zero-order valence-electron chi connectivity index (χ0n) is 10.9. The van der Waals surface area contributed by atoms with Gasteiger partial charge < -0.3 is 9.64 Å². The van der Waals surface area contributed by atoms with E-state index in [0.29, 0.717) is 18.7 Å². The Morgan fingerprint density at radius 3 is 2.52 bits per heavy atom. The lowest BCUT2D eigenvalue weighted by atomic mass is 9.86. The van der Waals surface area contributed by atoms with E-state index in [4.69, 9.17) is 4.74 Å². The van der Waals surface area contributed by atoms with Crippen molar-refractivity contribution in [3.63, 3.8) is 0 Å². The number of benzene rings is 1. The molecule has 4 rings (SSSR count). The van der Waals surface area contributed by atoms with Gasteiger partial charge in [0.1, 0.15) is 5.60 Å². The van der Waals surface area contributed by atoms with Crippen LogP contribution in [-0.4, -0.2) is 24.2 Å². The molecule has 2 bridgehead atoms. The number of rotatable bonds is 1. The predicted molar refractivity (Wildman–Crippen MR) is 68.6 cm³/mol. The normalized spacial score (nSPS) is 33.9. The molecule has 3 aliphatic heterocycles. The number of anilines is 1. The van der Waals surface area contributed by atoms with Crippen LogP contribution < -0.4 is 4.90 Å². The van der Waals surface area contributed by atoms with Crippen molar-refractivity contribution in [2.45, 2.75) is 24.3 Å². The molecular weight excluding hydrogens is 283 g/mol. The number of carbonyl (C=O) groups is 1. The smallest absolute Gasteiger partial charge is 0.361 e. The molecule has 3 nitrogen and oxygen atoms in total. The van der Waals surface area contributed by atoms with E-state index in [0.717, 1.165) is 12.1 Å². The van der Waals surface area contributed by atoms with Crippen LogP contribution in [0.5, 0.6) is 0 Å². The number of nitrogens with zero attached hydrogens (tertiary/aromatic N) is 1. The van der Waals surface area contributed by atoms with Crippen molar-refractivity contribution in [3.8, 4) is 0 Å². The Kier molecular flexibility index (Phi) is 2.38. The molecule has 2 fully saturated rings. The maximum absolute atomic E-state index is 12.6. The molecule has 3 aliphatic rings. The van der Waals surface area contributed by atoms with Crippen molar-refractivity contribution in [1.82, 2.24) is 0 Å². The number of alkyl halides is 3. The van der Waals surface area contributed by atoms with Crippen LogP contribution >= 0.6 is 0 Å². The van der Waals surface area contributed by atoms with E-state index in [2.05, 4.69) is 0 Å². The second-order valence-electron chi connectivity index (χ2n) is 5.73. The van der Waals surface area contributed by atoms with E-state index >= 15 is 0 Å². The summed E-state index contributed by atoms with van der Waals surface area (Å²) in [6, 6.07) is 4.69. The van der Waals surface area contributed by atoms with Gasteiger partial charge in [-0.25, -0.2) is 0 Å². The molecular formula is C15H12F3NO2. The monoisotopic (exact) mass is 295 g/mol. The number of amides is 1. The highest BCUT2D eigenvalue weighted by molar-refractivity contribution is 5.99. The van der Waals surface area contributed by atoms with Gasteiger partial charge in [0, 0.05) is 5.69 Å². The second kappa shape index (κ2) is 3.88. The van der Waals surface area contributed by atoms with Gasteiger partial charge in [-0.3, -0.25) is 4.79 Å². The van der Waals surface area contributed by atoms with Gasteiger partial charge in [-0.2, -0.15) is 13.2 Å². The van der Waals surface area contributed by atoms with E-state index < -0.39 is 17.3 Å². The highest BCUT2D eigenvalue weighted by Crippen LogP contribution is 2.49. The number of halogens is 3. The van der Waals surface area contributed by atoms with Crippen molar-refractivity contribution in [2.75, 3.05) is 11.4 Å². The zero-order chi connectivity index (χ0) is 14.8. The number of ether oxygens (including phenoxy) is 1. The van der Waals surface area contributed by atoms with Crippen molar-refractivity contribution in [3.05, 3.63) is 42.0 Å². The van der Waals surface area contributed by atoms with Gasteiger partial charge in [0.25, 0.3) is 0 Å². The number of carbonyl (C=O) groups excluding carboxylic acids is 1. The van der Waals surface area contributed by atoms with Gasteiger partial charge in [-0.1, -0.05) is 12.2 Å². The maximum atomic E-state index is 12.6. The third kappa shape index (κ3) is 1.75. The second-order valence-corrected chi connectivity index (χ2v) is 5.73. The highest BCUT2D eigenvalue weighted by atomic mass is 19.4. The predicted octanol–water partition coefficient (Wildman–Crippen LogP) is 2.77. The first-order valence-corrected chi connectivity index (χ1v) is 6.75. The van der Waals surface area contributed by atoms with Crippen LogP contribution in [0.1, 0.15) is 12.0 Å². The SMILES string of the molecule is O=C1C2C[C@@H]3C=C[C@@]2(CN1c1ccc(C(F)(F)F)cc1)O3. The van der Waals surface area contributed by atoms with E-state index in [9.17, 15) is 18.0 Å². The average molecular weight is 295 g/mol. The quantitative estimate of drug-likeness (QED) is 0.746. The number of hydrogen-bond donors (Lipinski definition) is 0. The molecule has 110 valence electrons. The summed E-state index contributed by atoms with van der Waals surface area (Å²) in [4.78, 5) is 14.0. The Bertz CT molecular complexity index is 637. The zero-order valence-corrected chi connectivity index (χ0v) is 10.9. The standard InChI is InChI=1S/C15H12F3NO2/c16-15(17,18)9-1-3-10(4-2-9)19-8-14-6-5-11(21-14)7-12(14)13(19)20/h1-6,11-12H,7-8H2/t11-,12?,14-/m0/s1. The fourth-order valence-corrected chi connectivity index (χ4v) is 3.46. The Morgan fingerprint density at radius 1 is 1.24 bits per heavy atom. The molecule has 0 aromatic heterocycles. The largest absolute Gasteiger partial charge is 0.416 e.